The molecule has 2 radical (unpaired) electrons. The van der Waals surface area contributed by atoms with Gasteiger partial charge in [0.25, 0.3) is 0 Å². The lowest BCUT2D eigenvalue weighted by Crippen LogP contribution is -2.49. The predicted molar refractivity (Wildman–Crippen MR) is 39.4 cm³/mol. The zero-order chi connectivity index (χ0) is 6.69. The van der Waals surface area contributed by atoms with Gasteiger partial charge in [-0.1, -0.05) is 6.92 Å². The van der Waals surface area contributed by atoms with Gasteiger partial charge in [-0.25, -0.2) is 0 Å². The summed E-state index contributed by atoms with van der Waals surface area (Å²) in [6.07, 6.45) is 1.14. The van der Waals surface area contributed by atoms with E-state index < -0.39 is 0 Å². The highest BCUT2D eigenvalue weighted by Gasteiger charge is 2.14. The van der Waals surface area contributed by atoms with Crippen molar-refractivity contribution in [3.05, 3.63) is 0 Å². The van der Waals surface area contributed by atoms with E-state index in [1.807, 2.05) is 4.81 Å². The molecule has 1 atom stereocenters. The van der Waals surface area contributed by atoms with Crippen LogP contribution in [0.15, 0.2) is 0 Å². The molecule has 1 heterocycles. The molecule has 3 heteroatoms. The van der Waals surface area contributed by atoms with Crippen molar-refractivity contribution in [2.24, 2.45) is 0 Å². The summed E-state index contributed by atoms with van der Waals surface area (Å²) in [6.45, 7) is 5.23. The molecule has 0 aromatic carbocycles. The van der Waals surface area contributed by atoms with Crippen LogP contribution in [0, 0.1) is 0 Å². The maximum atomic E-state index is 5.68. The molecule has 2 nitrogen and oxygen atoms in total. The lowest BCUT2D eigenvalue weighted by molar-refractivity contribution is 0.272. The first-order valence-electron chi connectivity index (χ1n) is 3.56. The quantitative estimate of drug-likeness (QED) is 0.485. The standard InChI is InChI=1S/C6H13BN2/c1-2-6-5-8-3-4-9(6)7/h6,8H,2-5H2,1H3/t6-/m1/s1. The summed E-state index contributed by atoms with van der Waals surface area (Å²) in [4.78, 5) is 1.93. The Morgan fingerprint density at radius 2 is 2.56 bits per heavy atom. The van der Waals surface area contributed by atoms with E-state index in [0.717, 1.165) is 26.1 Å². The number of hydrogen-bond acceptors (Lipinski definition) is 2. The minimum Gasteiger partial charge on any atom is -0.349 e. The van der Waals surface area contributed by atoms with Gasteiger partial charge >= 0.3 is 0 Å². The van der Waals surface area contributed by atoms with Crippen LogP contribution in [0.1, 0.15) is 13.3 Å². The first kappa shape index (κ1) is 7.10. The Morgan fingerprint density at radius 1 is 1.78 bits per heavy atom. The molecule has 0 bridgehead atoms. The van der Waals surface area contributed by atoms with E-state index in [1.54, 1.807) is 0 Å². The molecule has 1 fully saturated rings. The van der Waals surface area contributed by atoms with Gasteiger partial charge in [-0.05, 0) is 13.0 Å². The van der Waals surface area contributed by atoms with E-state index in [2.05, 4.69) is 12.2 Å². The smallest absolute Gasteiger partial charge is 0.182 e. The van der Waals surface area contributed by atoms with Crippen molar-refractivity contribution in [3.8, 4) is 0 Å². The summed E-state index contributed by atoms with van der Waals surface area (Å²) in [5.41, 5.74) is 0. The summed E-state index contributed by atoms with van der Waals surface area (Å²) in [7, 11) is 5.68. The van der Waals surface area contributed by atoms with Crippen molar-refractivity contribution in [1.82, 2.24) is 10.1 Å². The van der Waals surface area contributed by atoms with Gasteiger partial charge in [0.1, 0.15) is 0 Å². The molecule has 0 aromatic heterocycles. The molecule has 1 saturated heterocycles. The fraction of sp³-hybridized carbons (Fsp3) is 1.00. The number of nitrogens with one attached hydrogen (secondary N) is 1. The first-order chi connectivity index (χ1) is 4.34. The third-order valence-electron chi connectivity index (χ3n) is 1.87. The van der Waals surface area contributed by atoms with E-state index in [-0.39, 0.29) is 0 Å². The SMILES string of the molecule is [B]N1CCNC[C@H]1CC. The van der Waals surface area contributed by atoms with Crippen molar-refractivity contribution in [3.63, 3.8) is 0 Å². The fourth-order valence-corrected chi connectivity index (χ4v) is 1.16. The normalized spacial score (nSPS) is 30.6. The van der Waals surface area contributed by atoms with Gasteiger partial charge < -0.3 is 10.1 Å². The Balaban J connectivity index is 2.30. The van der Waals surface area contributed by atoms with Crippen LogP contribution in [0.3, 0.4) is 0 Å². The minimum absolute atomic E-state index is 0.554. The molecule has 1 rings (SSSR count). The highest BCUT2D eigenvalue weighted by molar-refractivity contribution is 6.04. The second kappa shape index (κ2) is 3.23. The minimum atomic E-state index is 0.554. The van der Waals surface area contributed by atoms with Crippen LogP contribution in [-0.2, 0) is 0 Å². The summed E-state index contributed by atoms with van der Waals surface area (Å²) in [6, 6.07) is 0.554. The van der Waals surface area contributed by atoms with Crippen molar-refractivity contribution in [2.45, 2.75) is 19.4 Å². The Hall–Kier alpha value is -0.0151. The molecule has 1 aliphatic heterocycles. The van der Waals surface area contributed by atoms with Crippen molar-refractivity contribution in [1.29, 1.82) is 0 Å². The van der Waals surface area contributed by atoms with Crippen LogP contribution in [-0.4, -0.2) is 38.5 Å². The van der Waals surface area contributed by atoms with Gasteiger partial charge in [0.15, 0.2) is 7.98 Å². The Morgan fingerprint density at radius 3 is 3.00 bits per heavy atom. The largest absolute Gasteiger partial charge is 0.349 e. The van der Waals surface area contributed by atoms with Crippen LogP contribution < -0.4 is 5.32 Å². The molecule has 0 saturated carbocycles. The lowest BCUT2D eigenvalue weighted by Gasteiger charge is -2.32. The number of piperazine rings is 1. The highest BCUT2D eigenvalue weighted by Crippen LogP contribution is 2.01. The van der Waals surface area contributed by atoms with Gasteiger partial charge in [0.05, 0.1) is 0 Å². The molecule has 50 valence electrons. The molecular weight excluding hydrogens is 111 g/mol. The topological polar surface area (TPSA) is 15.3 Å². The van der Waals surface area contributed by atoms with Crippen molar-refractivity contribution < 1.29 is 0 Å². The van der Waals surface area contributed by atoms with E-state index in [4.69, 9.17) is 7.98 Å². The Labute approximate surface area is 58.0 Å². The van der Waals surface area contributed by atoms with Crippen LogP contribution in [0.5, 0.6) is 0 Å². The molecule has 9 heavy (non-hydrogen) atoms. The average molecular weight is 124 g/mol. The summed E-state index contributed by atoms with van der Waals surface area (Å²) >= 11 is 0. The monoisotopic (exact) mass is 124 g/mol. The van der Waals surface area contributed by atoms with E-state index in [1.165, 1.54) is 0 Å². The number of rotatable bonds is 1. The van der Waals surface area contributed by atoms with Gasteiger partial charge in [0, 0.05) is 19.1 Å². The zero-order valence-electron chi connectivity index (χ0n) is 5.93. The highest BCUT2D eigenvalue weighted by atomic mass is 15.1. The first-order valence-corrected chi connectivity index (χ1v) is 3.56. The maximum absolute atomic E-state index is 5.68. The van der Waals surface area contributed by atoms with Gasteiger partial charge in [0.2, 0.25) is 0 Å². The number of hydrogen-bond donors (Lipinski definition) is 1. The molecule has 0 spiro atoms. The predicted octanol–water partition coefficient (Wildman–Crippen LogP) is -0.246. The van der Waals surface area contributed by atoms with Crippen LogP contribution in [0.4, 0.5) is 0 Å². The third kappa shape index (κ3) is 1.70. The Bertz CT molecular complexity index is 87.1. The summed E-state index contributed by atoms with van der Waals surface area (Å²) < 4.78 is 0. The van der Waals surface area contributed by atoms with E-state index in [9.17, 15) is 0 Å². The zero-order valence-corrected chi connectivity index (χ0v) is 5.93. The van der Waals surface area contributed by atoms with Crippen LogP contribution in [0.25, 0.3) is 0 Å². The second-order valence-corrected chi connectivity index (χ2v) is 2.50. The molecule has 0 amide bonds. The van der Waals surface area contributed by atoms with Gasteiger partial charge in [-0.15, -0.1) is 0 Å². The van der Waals surface area contributed by atoms with Crippen LogP contribution >= 0.6 is 0 Å². The molecule has 0 aliphatic carbocycles. The summed E-state index contributed by atoms with van der Waals surface area (Å²) in [5.74, 6) is 0. The summed E-state index contributed by atoms with van der Waals surface area (Å²) in [5, 5.41) is 3.29. The fourth-order valence-electron chi connectivity index (χ4n) is 1.16. The Kier molecular flexibility index (Phi) is 2.55. The molecular formula is C6H13BN2. The van der Waals surface area contributed by atoms with Crippen molar-refractivity contribution in [2.75, 3.05) is 19.6 Å². The van der Waals surface area contributed by atoms with E-state index in [0.29, 0.717) is 6.04 Å². The molecule has 0 unspecified atom stereocenters. The number of nitrogens with zero attached hydrogens (tertiary/aromatic N) is 1. The van der Waals surface area contributed by atoms with Crippen molar-refractivity contribution >= 4 is 7.98 Å². The molecule has 1 aliphatic rings. The molecule has 0 aromatic rings. The third-order valence-corrected chi connectivity index (χ3v) is 1.87. The van der Waals surface area contributed by atoms with E-state index >= 15 is 0 Å². The maximum Gasteiger partial charge on any atom is 0.182 e. The van der Waals surface area contributed by atoms with Crippen LogP contribution in [0.2, 0.25) is 0 Å². The average Bonchev–Trinajstić information content (AvgIpc) is 1.89. The van der Waals surface area contributed by atoms with Gasteiger partial charge in [-0.2, -0.15) is 0 Å². The molecule has 1 N–H and O–H groups in total. The lowest BCUT2D eigenvalue weighted by atomic mass is 10.1. The second-order valence-electron chi connectivity index (χ2n) is 2.50. The van der Waals surface area contributed by atoms with Gasteiger partial charge in [-0.3, -0.25) is 0 Å².